The summed E-state index contributed by atoms with van der Waals surface area (Å²) in [4.78, 5) is 8.61. The maximum Gasteiger partial charge on any atom is 0.203 e. The molecule has 1 aromatic heterocycles. The van der Waals surface area contributed by atoms with E-state index < -0.39 is 0 Å². The van der Waals surface area contributed by atoms with Crippen LogP contribution in [0.25, 0.3) is 11.4 Å². The van der Waals surface area contributed by atoms with E-state index in [2.05, 4.69) is 32.7 Å². The molecule has 2 heterocycles. The summed E-state index contributed by atoms with van der Waals surface area (Å²) >= 11 is 1.99. The fourth-order valence-electron chi connectivity index (χ4n) is 3.41. The monoisotopic (exact) mass is 376 g/mol. The van der Waals surface area contributed by atoms with Crippen molar-refractivity contribution < 1.29 is 14.2 Å². The predicted octanol–water partition coefficient (Wildman–Crippen LogP) is 4.40. The molecule has 0 atom stereocenters. The smallest absolute Gasteiger partial charge is 0.203 e. The molecule has 0 saturated carbocycles. The van der Waals surface area contributed by atoms with Crippen LogP contribution in [0.15, 0.2) is 12.1 Å². The van der Waals surface area contributed by atoms with Crippen LogP contribution in [0.4, 0.5) is 0 Å². The lowest BCUT2D eigenvalue weighted by Gasteiger charge is -2.23. The summed E-state index contributed by atoms with van der Waals surface area (Å²) in [5.74, 6) is 4.81. The van der Waals surface area contributed by atoms with Gasteiger partial charge in [-0.1, -0.05) is 27.7 Å². The van der Waals surface area contributed by atoms with Gasteiger partial charge in [0.05, 0.1) is 27.0 Å². The first-order valence-corrected chi connectivity index (χ1v) is 9.88. The molecule has 142 valence electrons. The molecule has 1 aromatic carbocycles. The lowest BCUT2D eigenvalue weighted by Crippen LogP contribution is -2.24. The van der Waals surface area contributed by atoms with E-state index in [9.17, 15) is 0 Å². The fourth-order valence-corrected chi connectivity index (χ4v) is 4.81. The van der Waals surface area contributed by atoms with Crippen LogP contribution in [0.1, 0.15) is 39.1 Å². The van der Waals surface area contributed by atoms with Gasteiger partial charge in [-0.15, -0.1) is 0 Å². The summed E-state index contributed by atoms with van der Waals surface area (Å²) in [5, 5.41) is 0. The van der Waals surface area contributed by atoms with Crippen LogP contribution < -0.4 is 14.2 Å². The van der Waals surface area contributed by atoms with Crippen molar-refractivity contribution in [3.05, 3.63) is 23.5 Å². The van der Waals surface area contributed by atoms with Crippen molar-refractivity contribution in [3.8, 4) is 28.6 Å². The molecule has 1 aliphatic heterocycles. The second-order valence-corrected chi connectivity index (χ2v) is 8.97. The number of rotatable bonds is 4. The van der Waals surface area contributed by atoms with Crippen LogP contribution in [0.2, 0.25) is 0 Å². The number of thioether (sulfide) groups is 1. The lowest BCUT2D eigenvalue weighted by molar-refractivity contribution is 0.324. The maximum absolute atomic E-state index is 5.49. The molecule has 0 aliphatic carbocycles. The Bertz CT molecular complexity index is 753. The van der Waals surface area contributed by atoms with Crippen molar-refractivity contribution in [1.82, 2.24) is 9.97 Å². The summed E-state index contributed by atoms with van der Waals surface area (Å²) in [6, 6.07) is 3.88. The SMILES string of the molecule is COc1cc(-c2nc3c([nH]2)C(C)(C)CSCC3(C)C)cc(OC)c1OC. The Morgan fingerprint density at radius 3 is 2.04 bits per heavy atom. The highest BCUT2D eigenvalue weighted by molar-refractivity contribution is 7.99. The van der Waals surface area contributed by atoms with E-state index in [4.69, 9.17) is 19.2 Å². The number of ether oxygens (including phenoxy) is 3. The fraction of sp³-hybridized carbons (Fsp3) is 0.550. The van der Waals surface area contributed by atoms with E-state index in [1.54, 1.807) is 21.3 Å². The van der Waals surface area contributed by atoms with Gasteiger partial charge in [-0.05, 0) is 12.1 Å². The standard InChI is InChI=1S/C20H28N2O3S/c1-19(2)10-26-11-20(3,4)17-16(19)21-18(22-17)12-8-13(23-5)15(25-7)14(9-12)24-6/h8-9H,10-11H2,1-7H3,(H,21,22). The third-order valence-corrected chi connectivity index (χ3v) is 6.74. The molecule has 3 rings (SSSR count). The number of hydrogen-bond donors (Lipinski definition) is 1. The maximum atomic E-state index is 5.49. The van der Waals surface area contributed by atoms with Gasteiger partial charge in [-0.25, -0.2) is 4.98 Å². The average Bonchev–Trinajstić information content (AvgIpc) is 3.04. The van der Waals surface area contributed by atoms with Crippen LogP contribution in [0.5, 0.6) is 17.2 Å². The van der Waals surface area contributed by atoms with E-state index >= 15 is 0 Å². The molecular formula is C20H28N2O3S. The van der Waals surface area contributed by atoms with Gasteiger partial charge in [0.2, 0.25) is 5.75 Å². The second-order valence-electron chi connectivity index (χ2n) is 7.98. The largest absolute Gasteiger partial charge is 0.493 e. The van der Waals surface area contributed by atoms with Gasteiger partial charge < -0.3 is 19.2 Å². The molecule has 0 unspecified atom stereocenters. The van der Waals surface area contributed by atoms with Crippen LogP contribution in [-0.2, 0) is 10.8 Å². The topological polar surface area (TPSA) is 56.4 Å². The van der Waals surface area contributed by atoms with E-state index in [1.165, 1.54) is 5.69 Å². The Labute approximate surface area is 159 Å². The van der Waals surface area contributed by atoms with Crippen molar-refractivity contribution in [3.63, 3.8) is 0 Å². The number of nitrogens with one attached hydrogen (secondary N) is 1. The summed E-state index contributed by atoms with van der Waals surface area (Å²) < 4.78 is 16.4. The molecular weight excluding hydrogens is 348 g/mol. The molecule has 6 heteroatoms. The number of nitrogens with zero attached hydrogens (tertiary/aromatic N) is 1. The Kier molecular flexibility index (Phi) is 4.90. The summed E-state index contributed by atoms with van der Waals surface area (Å²) in [6.45, 7) is 9.08. The average molecular weight is 377 g/mol. The number of hydrogen-bond acceptors (Lipinski definition) is 5. The minimum Gasteiger partial charge on any atom is -0.493 e. The van der Waals surface area contributed by atoms with Gasteiger partial charge in [0.25, 0.3) is 0 Å². The highest BCUT2D eigenvalue weighted by Crippen LogP contribution is 2.44. The first kappa shape index (κ1) is 19.0. The van der Waals surface area contributed by atoms with Crippen LogP contribution in [0, 0.1) is 0 Å². The van der Waals surface area contributed by atoms with Gasteiger partial charge in [-0.2, -0.15) is 11.8 Å². The minimum atomic E-state index is 0.0170. The van der Waals surface area contributed by atoms with Crippen molar-refractivity contribution >= 4 is 11.8 Å². The zero-order valence-corrected chi connectivity index (χ0v) is 17.5. The van der Waals surface area contributed by atoms with Crippen molar-refractivity contribution in [2.24, 2.45) is 0 Å². The molecule has 2 aromatic rings. The zero-order chi connectivity index (χ0) is 19.1. The van der Waals surface area contributed by atoms with Crippen molar-refractivity contribution in [2.75, 3.05) is 32.8 Å². The van der Waals surface area contributed by atoms with Crippen molar-refractivity contribution in [1.29, 1.82) is 0 Å². The Morgan fingerprint density at radius 2 is 1.50 bits per heavy atom. The number of imidazole rings is 1. The molecule has 0 spiro atoms. The lowest BCUT2D eigenvalue weighted by atomic mass is 9.82. The molecule has 0 amide bonds. The number of benzene rings is 1. The first-order chi connectivity index (χ1) is 12.2. The third-order valence-electron chi connectivity index (χ3n) is 4.89. The predicted molar refractivity (Wildman–Crippen MR) is 107 cm³/mol. The normalized spacial score (nSPS) is 18.0. The van der Waals surface area contributed by atoms with Crippen LogP contribution >= 0.6 is 11.8 Å². The Balaban J connectivity index is 2.18. The molecule has 1 aliphatic rings. The molecule has 0 saturated heterocycles. The van der Waals surface area contributed by atoms with Gasteiger partial charge in [0, 0.05) is 33.6 Å². The Hall–Kier alpha value is -1.82. The van der Waals surface area contributed by atoms with Gasteiger partial charge in [-0.3, -0.25) is 0 Å². The zero-order valence-electron chi connectivity index (χ0n) is 16.6. The third kappa shape index (κ3) is 3.15. The molecule has 0 bridgehead atoms. The quantitative estimate of drug-likeness (QED) is 0.857. The van der Waals surface area contributed by atoms with E-state index in [-0.39, 0.29) is 10.8 Å². The number of fused-ring (bicyclic) bond motifs is 1. The van der Waals surface area contributed by atoms with Gasteiger partial charge >= 0.3 is 0 Å². The van der Waals surface area contributed by atoms with Gasteiger partial charge in [0.15, 0.2) is 11.5 Å². The summed E-state index contributed by atoms with van der Waals surface area (Å²) in [5.41, 5.74) is 3.35. The molecule has 0 fully saturated rings. The molecule has 5 nitrogen and oxygen atoms in total. The van der Waals surface area contributed by atoms with Crippen LogP contribution in [0.3, 0.4) is 0 Å². The summed E-state index contributed by atoms with van der Waals surface area (Å²) in [6.07, 6.45) is 0. The highest BCUT2D eigenvalue weighted by Gasteiger charge is 2.38. The number of H-pyrrole nitrogens is 1. The first-order valence-electron chi connectivity index (χ1n) is 8.72. The number of aromatic nitrogens is 2. The summed E-state index contributed by atoms with van der Waals surface area (Å²) in [7, 11) is 4.86. The molecule has 1 N–H and O–H groups in total. The highest BCUT2D eigenvalue weighted by atomic mass is 32.2. The second kappa shape index (κ2) is 6.72. The van der Waals surface area contributed by atoms with E-state index in [1.807, 2.05) is 23.9 Å². The van der Waals surface area contributed by atoms with Crippen molar-refractivity contribution in [2.45, 2.75) is 38.5 Å². The molecule has 26 heavy (non-hydrogen) atoms. The van der Waals surface area contributed by atoms with E-state index in [0.717, 1.165) is 28.6 Å². The number of aromatic amines is 1. The van der Waals surface area contributed by atoms with Gasteiger partial charge in [0.1, 0.15) is 5.82 Å². The van der Waals surface area contributed by atoms with Crippen LogP contribution in [-0.4, -0.2) is 42.8 Å². The van der Waals surface area contributed by atoms with E-state index in [0.29, 0.717) is 17.2 Å². The minimum absolute atomic E-state index is 0.0170. The molecule has 0 radical (unpaired) electrons. The number of methoxy groups -OCH3 is 3. The Morgan fingerprint density at radius 1 is 0.923 bits per heavy atom.